The zero-order valence-corrected chi connectivity index (χ0v) is 12.7. The van der Waals surface area contributed by atoms with Crippen molar-refractivity contribution in [1.29, 1.82) is 5.26 Å². The third-order valence-electron chi connectivity index (χ3n) is 2.79. The standard InChI is InChI=1S/C14H12ClN3O2S/c1-20-14(19)12-11(17)10(6-16)13(21-12)18-7-8-2-4-9(15)5-3-8/h2-5,18H,7,17H2,1H3. The number of halogens is 1. The van der Waals surface area contributed by atoms with Crippen LogP contribution in [-0.2, 0) is 11.3 Å². The predicted octanol–water partition coefficient (Wildman–Crippen LogP) is 3.25. The van der Waals surface area contributed by atoms with Gasteiger partial charge in [0.25, 0.3) is 0 Å². The highest BCUT2D eigenvalue weighted by atomic mass is 35.5. The van der Waals surface area contributed by atoms with Crippen molar-refractivity contribution in [2.24, 2.45) is 0 Å². The summed E-state index contributed by atoms with van der Waals surface area (Å²) in [4.78, 5) is 11.8. The molecule has 1 aromatic heterocycles. The third kappa shape index (κ3) is 3.27. The lowest BCUT2D eigenvalue weighted by molar-refractivity contribution is 0.0607. The molecule has 108 valence electrons. The molecule has 2 rings (SSSR count). The van der Waals surface area contributed by atoms with E-state index in [0.29, 0.717) is 16.6 Å². The number of esters is 1. The number of nitrogen functional groups attached to an aromatic ring is 1. The quantitative estimate of drug-likeness (QED) is 0.844. The molecule has 0 radical (unpaired) electrons. The highest BCUT2D eigenvalue weighted by Gasteiger charge is 2.21. The molecule has 21 heavy (non-hydrogen) atoms. The number of hydrogen-bond donors (Lipinski definition) is 2. The summed E-state index contributed by atoms with van der Waals surface area (Å²) in [6.45, 7) is 0.492. The van der Waals surface area contributed by atoms with Crippen molar-refractivity contribution in [3.8, 4) is 6.07 Å². The Hall–Kier alpha value is -2.23. The molecule has 1 heterocycles. The van der Waals surface area contributed by atoms with Crippen LogP contribution in [0.5, 0.6) is 0 Å². The monoisotopic (exact) mass is 321 g/mol. The molecule has 0 aliphatic heterocycles. The average molecular weight is 322 g/mol. The van der Waals surface area contributed by atoms with E-state index >= 15 is 0 Å². The number of methoxy groups -OCH3 is 1. The van der Waals surface area contributed by atoms with E-state index < -0.39 is 5.97 Å². The number of anilines is 2. The average Bonchev–Trinajstić information content (AvgIpc) is 2.82. The number of ether oxygens (including phenoxy) is 1. The van der Waals surface area contributed by atoms with Gasteiger partial charge in [0.05, 0.1) is 12.8 Å². The van der Waals surface area contributed by atoms with Gasteiger partial charge in [0, 0.05) is 11.6 Å². The number of nitriles is 1. The zero-order valence-electron chi connectivity index (χ0n) is 11.1. The number of thiophene rings is 1. The summed E-state index contributed by atoms with van der Waals surface area (Å²) in [5.41, 5.74) is 7.21. The van der Waals surface area contributed by atoms with Gasteiger partial charge in [0.1, 0.15) is 21.5 Å². The molecule has 3 N–H and O–H groups in total. The molecule has 0 spiro atoms. The molecule has 0 bridgehead atoms. The molecule has 5 nitrogen and oxygen atoms in total. The molecule has 1 aromatic carbocycles. The summed E-state index contributed by atoms with van der Waals surface area (Å²) in [7, 11) is 1.27. The minimum Gasteiger partial charge on any atom is -0.465 e. The van der Waals surface area contributed by atoms with Crippen molar-refractivity contribution in [2.45, 2.75) is 6.54 Å². The van der Waals surface area contributed by atoms with Gasteiger partial charge in [-0.05, 0) is 17.7 Å². The molecule has 0 saturated heterocycles. The van der Waals surface area contributed by atoms with E-state index in [1.165, 1.54) is 7.11 Å². The SMILES string of the molecule is COC(=O)c1sc(NCc2ccc(Cl)cc2)c(C#N)c1N. The first-order chi connectivity index (χ1) is 10.1. The fourth-order valence-corrected chi connectivity index (χ4v) is 2.82. The van der Waals surface area contributed by atoms with Gasteiger partial charge in [-0.3, -0.25) is 0 Å². The molecule has 0 aliphatic rings. The Kier molecular flexibility index (Phi) is 4.68. The van der Waals surface area contributed by atoms with Gasteiger partial charge in [-0.25, -0.2) is 4.79 Å². The van der Waals surface area contributed by atoms with Crippen LogP contribution < -0.4 is 11.1 Å². The first-order valence-corrected chi connectivity index (χ1v) is 7.15. The second kappa shape index (κ2) is 6.48. The maximum atomic E-state index is 11.6. The highest BCUT2D eigenvalue weighted by Crippen LogP contribution is 2.35. The molecule has 2 aromatic rings. The van der Waals surface area contributed by atoms with Crippen LogP contribution in [-0.4, -0.2) is 13.1 Å². The minimum atomic E-state index is -0.548. The van der Waals surface area contributed by atoms with Crippen molar-refractivity contribution >= 4 is 39.6 Å². The zero-order chi connectivity index (χ0) is 15.4. The topological polar surface area (TPSA) is 88.1 Å². The molecular formula is C14H12ClN3O2S. The summed E-state index contributed by atoms with van der Waals surface area (Å²) < 4.78 is 4.65. The van der Waals surface area contributed by atoms with Gasteiger partial charge in [-0.15, -0.1) is 11.3 Å². The minimum absolute atomic E-state index is 0.146. The van der Waals surface area contributed by atoms with Gasteiger partial charge < -0.3 is 15.8 Å². The lowest BCUT2D eigenvalue weighted by Crippen LogP contribution is -2.02. The number of nitrogens with two attached hydrogens (primary N) is 1. The molecule has 0 unspecified atom stereocenters. The van der Waals surface area contributed by atoms with Crippen LogP contribution in [0.25, 0.3) is 0 Å². The van der Waals surface area contributed by atoms with Gasteiger partial charge in [-0.1, -0.05) is 23.7 Å². The van der Waals surface area contributed by atoms with Crippen LogP contribution >= 0.6 is 22.9 Å². The Morgan fingerprint density at radius 2 is 2.14 bits per heavy atom. The number of benzene rings is 1. The second-order valence-electron chi connectivity index (χ2n) is 4.13. The van der Waals surface area contributed by atoms with E-state index in [0.717, 1.165) is 16.9 Å². The number of rotatable bonds is 4. The van der Waals surface area contributed by atoms with E-state index in [9.17, 15) is 4.79 Å². The van der Waals surface area contributed by atoms with Crippen molar-refractivity contribution in [3.05, 3.63) is 45.3 Å². The van der Waals surface area contributed by atoms with Crippen LogP contribution in [0.2, 0.25) is 5.02 Å². The van der Waals surface area contributed by atoms with Crippen molar-refractivity contribution in [2.75, 3.05) is 18.2 Å². The summed E-state index contributed by atoms with van der Waals surface area (Å²) >= 11 is 6.93. The first-order valence-electron chi connectivity index (χ1n) is 5.95. The summed E-state index contributed by atoms with van der Waals surface area (Å²) in [6, 6.07) is 9.32. The first kappa shape index (κ1) is 15.2. The van der Waals surface area contributed by atoms with Crippen molar-refractivity contribution in [3.63, 3.8) is 0 Å². The Morgan fingerprint density at radius 3 is 2.71 bits per heavy atom. The van der Waals surface area contributed by atoms with Crippen LogP contribution in [0.3, 0.4) is 0 Å². The predicted molar refractivity (Wildman–Crippen MR) is 83.6 cm³/mol. The van der Waals surface area contributed by atoms with Crippen LogP contribution in [0.1, 0.15) is 20.8 Å². The largest absolute Gasteiger partial charge is 0.465 e. The Bertz CT molecular complexity index is 704. The van der Waals surface area contributed by atoms with Crippen LogP contribution in [0.15, 0.2) is 24.3 Å². The van der Waals surface area contributed by atoms with E-state index in [1.807, 2.05) is 18.2 Å². The maximum Gasteiger partial charge on any atom is 0.350 e. The number of carbonyl (C=O) groups is 1. The van der Waals surface area contributed by atoms with E-state index in [-0.39, 0.29) is 16.1 Å². The highest BCUT2D eigenvalue weighted by molar-refractivity contribution is 7.18. The summed E-state index contributed by atoms with van der Waals surface area (Å²) in [5, 5.41) is 13.5. The van der Waals surface area contributed by atoms with E-state index in [4.69, 9.17) is 22.6 Å². The Balaban J connectivity index is 2.22. The summed E-state index contributed by atoms with van der Waals surface area (Å²) in [6.07, 6.45) is 0. The second-order valence-corrected chi connectivity index (χ2v) is 5.59. The normalized spacial score (nSPS) is 9.95. The number of carbonyl (C=O) groups excluding carboxylic acids is 1. The molecule has 0 amide bonds. The molecular weight excluding hydrogens is 310 g/mol. The fraction of sp³-hybridized carbons (Fsp3) is 0.143. The molecule has 0 atom stereocenters. The van der Waals surface area contributed by atoms with E-state index in [2.05, 4.69) is 10.1 Å². The molecule has 7 heteroatoms. The van der Waals surface area contributed by atoms with Crippen LogP contribution in [0.4, 0.5) is 10.7 Å². The van der Waals surface area contributed by atoms with Gasteiger partial charge >= 0.3 is 5.97 Å². The molecule has 0 saturated carbocycles. The van der Waals surface area contributed by atoms with Crippen LogP contribution in [0, 0.1) is 11.3 Å². The lowest BCUT2D eigenvalue weighted by atomic mass is 10.2. The number of nitrogens with one attached hydrogen (secondary N) is 1. The Morgan fingerprint density at radius 1 is 1.48 bits per heavy atom. The maximum absolute atomic E-state index is 11.6. The van der Waals surface area contributed by atoms with E-state index in [1.54, 1.807) is 12.1 Å². The number of nitrogens with zero attached hydrogens (tertiary/aromatic N) is 1. The third-order valence-corrected chi connectivity index (χ3v) is 4.19. The van der Waals surface area contributed by atoms with Gasteiger partial charge in [0.2, 0.25) is 0 Å². The molecule has 0 aliphatic carbocycles. The fourth-order valence-electron chi connectivity index (χ4n) is 1.71. The number of hydrogen-bond acceptors (Lipinski definition) is 6. The summed E-state index contributed by atoms with van der Waals surface area (Å²) in [5.74, 6) is -0.548. The van der Waals surface area contributed by atoms with Gasteiger partial charge in [0.15, 0.2) is 0 Å². The van der Waals surface area contributed by atoms with Crippen molar-refractivity contribution < 1.29 is 9.53 Å². The Labute approximate surface area is 130 Å². The molecule has 0 fully saturated rings. The lowest BCUT2D eigenvalue weighted by Gasteiger charge is -2.04. The smallest absolute Gasteiger partial charge is 0.350 e. The van der Waals surface area contributed by atoms with Crippen molar-refractivity contribution in [1.82, 2.24) is 0 Å². The van der Waals surface area contributed by atoms with Gasteiger partial charge in [-0.2, -0.15) is 5.26 Å².